The minimum absolute atomic E-state index is 0.0509. The van der Waals surface area contributed by atoms with Gasteiger partial charge in [-0.25, -0.2) is 4.79 Å². The van der Waals surface area contributed by atoms with Gasteiger partial charge < -0.3 is 14.6 Å². The maximum atomic E-state index is 12.0. The summed E-state index contributed by atoms with van der Waals surface area (Å²) in [6, 6.07) is 0. The van der Waals surface area contributed by atoms with E-state index in [4.69, 9.17) is 9.84 Å². The predicted molar refractivity (Wildman–Crippen MR) is 87.9 cm³/mol. The van der Waals surface area contributed by atoms with Crippen LogP contribution in [0.25, 0.3) is 0 Å². The van der Waals surface area contributed by atoms with Gasteiger partial charge in [0.05, 0.1) is 0 Å². The van der Waals surface area contributed by atoms with Gasteiger partial charge in [-0.3, -0.25) is 9.59 Å². The van der Waals surface area contributed by atoms with E-state index < -0.39 is 18.0 Å². The Morgan fingerprint density at radius 2 is 1.71 bits per heavy atom. The molecule has 1 aliphatic carbocycles. The summed E-state index contributed by atoms with van der Waals surface area (Å²) in [7, 11) is 0. The number of ether oxygens (including phenoxy) is 2. The SMILES string of the molecule is CC1CCC(C(C)C)C(OC(=O)CCCC(=O)OC(=O)C(C)O)C1. The molecule has 0 aromatic heterocycles. The number of carbonyl (C=O) groups is 3. The molecular weight excluding hydrogens is 312 g/mol. The van der Waals surface area contributed by atoms with Crippen molar-refractivity contribution in [3.05, 3.63) is 0 Å². The molecular formula is C18H30O6. The lowest BCUT2D eigenvalue weighted by Gasteiger charge is -2.36. The maximum absolute atomic E-state index is 12.0. The largest absolute Gasteiger partial charge is 0.462 e. The Morgan fingerprint density at radius 1 is 1.08 bits per heavy atom. The van der Waals surface area contributed by atoms with Crippen molar-refractivity contribution in [2.45, 2.75) is 78.4 Å². The molecule has 0 aliphatic heterocycles. The Kier molecular flexibility index (Phi) is 8.39. The maximum Gasteiger partial charge on any atom is 0.342 e. The number of hydrogen-bond acceptors (Lipinski definition) is 6. The van der Waals surface area contributed by atoms with Crippen LogP contribution in [-0.4, -0.2) is 35.2 Å². The number of rotatable bonds is 7. The summed E-state index contributed by atoms with van der Waals surface area (Å²) in [6.45, 7) is 7.70. The van der Waals surface area contributed by atoms with Crippen LogP contribution in [0.3, 0.4) is 0 Å². The first-order chi connectivity index (χ1) is 11.2. The molecule has 0 spiro atoms. The van der Waals surface area contributed by atoms with Crippen molar-refractivity contribution in [2.75, 3.05) is 0 Å². The van der Waals surface area contributed by atoms with Crippen LogP contribution < -0.4 is 0 Å². The third-order valence-electron chi connectivity index (χ3n) is 4.56. The van der Waals surface area contributed by atoms with Gasteiger partial charge in [-0.15, -0.1) is 0 Å². The third kappa shape index (κ3) is 6.99. The average Bonchev–Trinajstić information content (AvgIpc) is 2.46. The van der Waals surface area contributed by atoms with E-state index in [0.29, 0.717) is 17.8 Å². The van der Waals surface area contributed by atoms with Gasteiger partial charge in [0, 0.05) is 12.8 Å². The molecule has 0 saturated heterocycles. The molecule has 4 unspecified atom stereocenters. The summed E-state index contributed by atoms with van der Waals surface area (Å²) in [4.78, 5) is 34.5. The van der Waals surface area contributed by atoms with Gasteiger partial charge in [0.25, 0.3) is 0 Å². The smallest absolute Gasteiger partial charge is 0.342 e. The Hall–Kier alpha value is -1.43. The van der Waals surface area contributed by atoms with Gasteiger partial charge in [-0.2, -0.15) is 0 Å². The zero-order valence-electron chi connectivity index (χ0n) is 15.1. The highest BCUT2D eigenvalue weighted by Gasteiger charge is 2.33. The first-order valence-corrected chi connectivity index (χ1v) is 8.82. The minimum Gasteiger partial charge on any atom is -0.462 e. The van der Waals surface area contributed by atoms with Gasteiger partial charge >= 0.3 is 17.9 Å². The van der Waals surface area contributed by atoms with E-state index in [-0.39, 0.29) is 31.3 Å². The molecule has 0 bridgehead atoms. The fourth-order valence-corrected chi connectivity index (χ4v) is 3.10. The summed E-state index contributed by atoms with van der Waals surface area (Å²) >= 11 is 0. The molecule has 138 valence electrons. The van der Waals surface area contributed by atoms with E-state index in [1.54, 1.807) is 0 Å². The molecule has 4 atom stereocenters. The highest BCUT2D eigenvalue weighted by molar-refractivity contribution is 5.87. The van der Waals surface area contributed by atoms with E-state index in [1.165, 1.54) is 13.3 Å². The number of esters is 3. The Morgan fingerprint density at radius 3 is 2.29 bits per heavy atom. The Bertz CT molecular complexity index is 443. The fourth-order valence-electron chi connectivity index (χ4n) is 3.10. The molecule has 0 heterocycles. The second kappa shape index (κ2) is 9.77. The molecule has 1 rings (SSSR count). The Labute approximate surface area is 143 Å². The minimum atomic E-state index is -1.33. The first-order valence-electron chi connectivity index (χ1n) is 8.82. The molecule has 1 saturated carbocycles. The standard InChI is InChI=1S/C18H30O6/c1-11(2)14-9-8-12(3)10-15(14)23-16(20)6-5-7-17(21)24-18(22)13(4)19/h11-15,19H,5-10H2,1-4H3. The summed E-state index contributed by atoms with van der Waals surface area (Å²) in [5.74, 6) is -0.609. The number of aliphatic hydroxyl groups excluding tert-OH is 1. The first kappa shape index (κ1) is 20.6. The lowest BCUT2D eigenvalue weighted by atomic mass is 9.75. The van der Waals surface area contributed by atoms with Gasteiger partial charge in [0.15, 0.2) is 0 Å². The third-order valence-corrected chi connectivity index (χ3v) is 4.56. The van der Waals surface area contributed by atoms with Gasteiger partial charge in [-0.05, 0) is 43.9 Å². The molecule has 0 radical (unpaired) electrons. The van der Waals surface area contributed by atoms with Crippen molar-refractivity contribution < 1.29 is 29.0 Å². The predicted octanol–water partition coefficient (Wildman–Crippen LogP) is 2.61. The van der Waals surface area contributed by atoms with E-state index in [1.807, 2.05) is 0 Å². The summed E-state index contributed by atoms with van der Waals surface area (Å²) in [5.41, 5.74) is 0. The molecule has 1 fully saturated rings. The summed E-state index contributed by atoms with van der Waals surface area (Å²) in [6.07, 6.45) is 2.07. The van der Waals surface area contributed by atoms with Gasteiger partial charge in [-0.1, -0.05) is 27.2 Å². The average molecular weight is 342 g/mol. The van der Waals surface area contributed by atoms with E-state index in [9.17, 15) is 14.4 Å². The normalized spacial score (nSPS) is 25.2. The zero-order valence-corrected chi connectivity index (χ0v) is 15.1. The van der Waals surface area contributed by atoms with Crippen LogP contribution in [-0.2, 0) is 23.9 Å². The number of aliphatic hydroxyl groups is 1. The molecule has 1 N–H and O–H groups in total. The van der Waals surface area contributed by atoms with Gasteiger partial charge in [0.2, 0.25) is 0 Å². The zero-order chi connectivity index (χ0) is 18.3. The molecule has 0 aromatic carbocycles. The summed E-state index contributed by atoms with van der Waals surface area (Å²) in [5, 5.41) is 8.96. The molecule has 0 aromatic rings. The monoisotopic (exact) mass is 342 g/mol. The molecule has 0 amide bonds. The fraction of sp³-hybridized carbons (Fsp3) is 0.833. The van der Waals surface area contributed by atoms with Crippen LogP contribution in [0.4, 0.5) is 0 Å². The van der Waals surface area contributed by atoms with Crippen molar-refractivity contribution >= 4 is 17.9 Å². The lowest BCUT2D eigenvalue weighted by Crippen LogP contribution is -2.35. The number of hydrogen-bond donors (Lipinski definition) is 1. The molecule has 6 nitrogen and oxygen atoms in total. The van der Waals surface area contributed by atoms with Gasteiger partial charge in [0.1, 0.15) is 12.2 Å². The van der Waals surface area contributed by atoms with Crippen LogP contribution in [0.15, 0.2) is 0 Å². The van der Waals surface area contributed by atoms with Crippen molar-refractivity contribution in [1.82, 2.24) is 0 Å². The second-order valence-electron chi connectivity index (χ2n) is 7.18. The van der Waals surface area contributed by atoms with Crippen LogP contribution in [0.2, 0.25) is 0 Å². The lowest BCUT2D eigenvalue weighted by molar-refractivity contribution is -0.165. The van der Waals surface area contributed by atoms with Crippen molar-refractivity contribution in [1.29, 1.82) is 0 Å². The molecule has 6 heteroatoms. The van der Waals surface area contributed by atoms with Crippen molar-refractivity contribution in [3.8, 4) is 0 Å². The van der Waals surface area contributed by atoms with Crippen molar-refractivity contribution in [2.24, 2.45) is 17.8 Å². The number of carbonyl (C=O) groups excluding carboxylic acids is 3. The van der Waals surface area contributed by atoms with Crippen LogP contribution in [0.5, 0.6) is 0 Å². The van der Waals surface area contributed by atoms with Crippen LogP contribution in [0, 0.1) is 17.8 Å². The highest BCUT2D eigenvalue weighted by Crippen LogP contribution is 2.35. The van der Waals surface area contributed by atoms with Crippen LogP contribution >= 0.6 is 0 Å². The van der Waals surface area contributed by atoms with E-state index in [0.717, 1.165) is 12.8 Å². The topological polar surface area (TPSA) is 89.9 Å². The second-order valence-corrected chi connectivity index (χ2v) is 7.18. The highest BCUT2D eigenvalue weighted by atomic mass is 16.6. The molecule has 24 heavy (non-hydrogen) atoms. The van der Waals surface area contributed by atoms with E-state index >= 15 is 0 Å². The molecule has 1 aliphatic rings. The van der Waals surface area contributed by atoms with Crippen molar-refractivity contribution in [3.63, 3.8) is 0 Å². The summed E-state index contributed by atoms with van der Waals surface area (Å²) < 4.78 is 10.1. The van der Waals surface area contributed by atoms with E-state index in [2.05, 4.69) is 25.5 Å². The van der Waals surface area contributed by atoms with Crippen LogP contribution in [0.1, 0.15) is 66.2 Å². The quantitative estimate of drug-likeness (QED) is 0.565. The Balaban J connectivity index is 2.34.